The van der Waals surface area contributed by atoms with Crippen molar-refractivity contribution in [3.8, 4) is 5.75 Å². The van der Waals surface area contributed by atoms with Crippen molar-refractivity contribution in [3.63, 3.8) is 0 Å². The Morgan fingerprint density at radius 1 is 1.22 bits per heavy atom. The molecule has 5 nitrogen and oxygen atoms in total. The van der Waals surface area contributed by atoms with Crippen LogP contribution >= 0.6 is 35.6 Å². The molecule has 0 spiro atoms. The molecule has 0 saturated carbocycles. The Kier molecular flexibility index (Phi) is 5.84. The zero-order chi connectivity index (χ0) is 19.6. The van der Waals surface area contributed by atoms with Crippen LogP contribution in [0.4, 0.5) is 5.69 Å². The molecule has 3 rings (SSSR count). The summed E-state index contributed by atoms with van der Waals surface area (Å²) < 4.78 is 0.327. The smallest absolute Gasteiger partial charge is 0.266 e. The van der Waals surface area contributed by atoms with Gasteiger partial charge in [0.25, 0.3) is 5.91 Å². The summed E-state index contributed by atoms with van der Waals surface area (Å²) in [6.45, 7) is 1.62. The summed E-state index contributed by atoms with van der Waals surface area (Å²) in [5, 5.41) is 12.6. The predicted molar refractivity (Wildman–Crippen MR) is 113 cm³/mol. The van der Waals surface area contributed by atoms with E-state index in [1.54, 1.807) is 49.4 Å². The van der Waals surface area contributed by atoms with Gasteiger partial charge in [-0.25, -0.2) is 0 Å². The highest BCUT2D eigenvalue weighted by molar-refractivity contribution is 8.26. The molecular formula is C19H15ClN2O3S2. The van der Waals surface area contributed by atoms with E-state index in [0.29, 0.717) is 19.9 Å². The van der Waals surface area contributed by atoms with Gasteiger partial charge in [-0.3, -0.25) is 14.5 Å². The number of benzene rings is 2. The number of nitrogens with one attached hydrogen (secondary N) is 1. The Hall–Kier alpha value is -2.35. The van der Waals surface area contributed by atoms with Crippen LogP contribution in [-0.2, 0) is 9.59 Å². The number of anilines is 1. The van der Waals surface area contributed by atoms with Crippen LogP contribution in [0.5, 0.6) is 5.75 Å². The Balaban J connectivity index is 1.74. The number of thioether (sulfide) groups is 1. The van der Waals surface area contributed by atoms with Gasteiger partial charge in [0.1, 0.15) is 16.1 Å². The molecule has 1 atom stereocenters. The lowest BCUT2D eigenvalue weighted by Gasteiger charge is -2.22. The van der Waals surface area contributed by atoms with Gasteiger partial charge in [-0.1, -0.05) is 47.7 Å². The molecule has 1 aliphatic rings. The molecule has 1 aliphatic heterocycles. The third kappa shape index (κ3) is 4.50. The summed E-state index contributed by atoms with van der Waals surface area (Å²) >= 11 is 12.3. The number of aromatic hydroxyl groups is 1. The zero-order valence-electron chi connectivity index (χ0n) is 14.2. The Labute approximate surface area is 171 Å². The molecule has 1 unspecified atom stereocenters. The molecular weight excluding hydrogens is 404 g/mol. The van der Waals surface area contributed by atoms with Gasteiger partial charge in [0.15, 0.2) is 0 Å². The van der Waals surface area contributed by atoms with Gasteiger partial charge >= 0.3 is 0 Å². The van der Waals surface area contributed by atoms with Crippen LogP contribution < -0.4 is 5.32 Å². The van der Waals surface area contributed by atoms with Gasteiger partial charge in [0, 0.05) is 10.7 Å². The number of carbonyl (C=O) groups excluding carboxylic acids is 2. The van der Waals surface area contributed by atoms with Crippen LogP contribution in [0.3, 0.4) is 0 Å². The largest absolute Gasteiger partial charge is 0.508 e. The Morgan fingerprint density at radius 3 is 2.48 bits per heavy atom. The van der Waals surface area contributed by atoms with E-state index in [2.05, 4.69) is 5.32 Å². The molecule has 138 valence electrons. The Bertz CT molecular complexity index is 927. The SMILES string of the molecule is CC(C(=O)Nc1ccc(O)cc1)N1C(=O)/C(=C/c2ccc(Cl)cc2)SC1=S. The van der Waals surface area contributed by atoms with Crippen molar-refractivity contribution in [3.05, 3.63) is 64.0 Å². The van der Waals surface area contributed by atoms with Gasteiger partial charge in [-0.15, -0.1) is 0 Å². The highest BCUT2D eigenvalue weighted by atomic mass is 35.5. The third-order valence-corrected chi connectivity index (χ3v) is 5.48. The maximum Gasteiger partial charge on any atom is 0.266 e. The molecule has 0 bridgehead atoms. The lowest BCUT2D eigenvalue weighted by Crippen LogP contribution is -2.44. The second kappa shape index (κ2) is 8.12. The predicted octanol–water partition coefficient (Wildman–Crippen LogP) is 4.27. The first-order valence-corrected chi connectivity index (χ1v) is 9.58. The zero-order valence-corrected chi connectivity index (χ0v) is 16.6. The standard InChI is InChI=1S/C19H15ClN2O3S2/c1-11(17(24)21-14-6-8-15(23)9-7-14)22-18(25)16(27-19(22)26)10-12-2-4-13(20)5-3-12/h2-11,23H,1H3,(H,21,24)/b16-10-. The van der Waals surface area contributed by atoms with E-state index >= 15 is 0 Å². The highest BCUT2D eigenvalue weighted by Gasteiger charge is 2.38. The summed E-state index contributed by atoms with van der Waals surface area (Å²) in [4.78, 5) is 27.0. The van der Waals surface area contributed by atoms with E-state index in [1.807, 2.05) is 0 Å². The molecule has 0 aromatic heterocycles. The van der Waals surface area contributed by atoms with Crippen molar-refractivity contribution >= 4 is 63.5 Å². The number of amides is 2. The van der Waals surface area contributed by atoms with E-state index in [-0.39, 0.29) is 17.6 Å². The molecule has 1 fully saturated rings. The van der Waals surface area contributed by atoms with E-state index in [1.165, 1.54) is 17.0 Å². The number of halogens is 1. The van der Waals surface area contributed by atoms with Gasteiger partial charge < -0.3 is 10.4 Å². The fourth-order valence-electron chi connectivity index (χ4n) is 2.43. The number of hydrogen-bond donors (Lipinski definition) is 2. The van der Waals surface area contributed by atoms with Crippen LogP contribution in [0.25, 0.3) is 6.08 Å². The number of phenolic OH excluding ortho intramolecular Hbond substituents is 1. The highest BCUT2D eigenvalue weighted by Crippen LogP contribution is 2.34. The van der Waals surface area contributed by atoms with Crippen molar-refractivity contribution in [2.75, 3.05) is 5.32 Å². The van der Waals surface area contributed by atoms with E-state index in [9.17, 15) is 14.7 Å². The van der Waals surface area contributed by atoms with Crippen LogP contribution in [-0.4, -0.2) is 32.2 Å². The van der Waals surface area contributed by atoms with E-state index in [0.717, 1.165) is 17.3 Å². The number of hydrogen-bond acceptors (Lipinski definition) is 5. The minimum atomic E-state index is -0.776. The molecule has 2 aromatic rings. The summed E-state index contributed by atoms with van der Waals surface area (Å²) in [6.07, 6.45) is 1.72. The lowest BCUT2D eigenvalue weighted by molar-refractivity contribution is -0.129. The second-order valence-electron chi connectivity index (χ2n) is 5.82. The first-order valence-electron chi connectivity index (χ1n) is 7.97. The summed E-state index contributed by atoms with van der Waals surface area (Å²) in [7, 11) is 0. The first kappa shape index (κ1) is 19.4. The molecule has 2 amide bonds. The van der Waals surface area contributed by atoms with Crippen molar-refractivity contribution in [2.24, 2.45) is 0 Å². The average Bonchev–Trinajstić information content (AvgIpc) is 2.91. The monoisotopic (exact) mass is 418 g/mol. The van der Waals surface area contributed by atoms with Crippen molar-refractivity contribution in [2.45, 2.75) is 13.0 Å². The number of thiocarbonyl (C=S) groups is 1. The molecule has 1 saturated heterocycles. The number of phenols is 1. The van der Waals surface area contributed by atoms with Crippen molar-refractivity contribution < 1.29 is 14.7 Å². The Morgan fingerprint density at radius 2 is 1.85 bits per heavy atom. The fraction of sp³-hybridized carbons (Fsp3) is 0.105. The normalized spacial score (nSPS) is 16.7. The molecule has 0 radical (unpaired) electrons. The van der Waals surface area contributed by atoms with Crippen LogP contribution in [0.15, 0.2) is 53.4 Å². The third-order valence-electron chi connectivity index (χ3n) is 3.89. The van der Waals surface area contributed by atoms with Crippen LogP contribution in [0.2, 0.25) is 5.02 Å². The number of rotatable bonds is 4. The van der Waals surface area contributed by atoms with E-state index < -0.39 is 6.04 Å². The van der Waals surface area contributed by atoms with Crippen LogP contribution in [0.1, 0.15) is 12.5 Å². The molecule has 8 heteroatoms. The summed E-state index contributed by atoms with van der Waals surface area (Å²) in [6, 6.07) is 12.4. The van der Waals surface area contributed by atoms with Crippen LogP contribution in [0, 0.1) is 0 Å². The summed E-state index contributed by atoms with van der Waals surface area (Å²) in [5.74, 6) is -0.580. The molecule has 0 aliphatic carbocycles. The van der Waals surface area contributed by atoms with Gasteiger partial charge in [-0.05, 0) is 55.0 Å². The van der Waals surface area contributed by atoms with Gasteiger partial charge in [0.05, 0.1) is 4.91 Å². The maximum absolute atomic E-state index is 12.7. The van der Waals surface area contributed by atoms with Gasteiger partial charge in [0.2, 0.25) is 5.91 Å². The molecule has 1 heterocycles. The van der Waals surface area contributed by atoms with E-state index in [4.69, 9.17) is 23.8 Å². The van der Waals surface area contributed by atoms with Gasteiger partial charge in [-0.2, -0.15) is 0 Å². The number of carbonyl (C=O) groups is 2. The second-order valence-corrected chi connectivity index (χ2v) is 7.93. The molecule has 2 N–H and O–H groups in total. The quantitative estimate of drug-likeness (QED) is 0.440. The first-order chi connectivity index (χ1) is 12.8. The fourth-order valence-corrected chi connectivity index (χ4v) is 3.98. The van der Waals surface area contributed by atoms with Crippen molar-refractivity contribution in [1.29, 1.82) is 0 Å². The minimum Gasteiger partial charge on any atom is -0.508 e. The van der Waals surface area contributed by atoms with Crippen molar-refractivity contribution in [1.82, 2.24) is 4.90 Å². The summed E-state index contributed by atoms with van der Waals surface area (Å²) in [5.41, 5.74) is 1.34. The minimum absolute atomic E-state index is 0.102. The molecule has 27 heavy (non-hydrogen) atoms. The lowest BCUT2D eigenvalue weighted by atomic mass is 10.2. The maximum atomic E-state index is 12.7. The average molecular weight is 419 g/mol. The topological polar surface area (TPSA) is 69.6 Å². The number of nitrogens with zero attached hydrogens (tertiary/aromatic N) is 1. The molecule has 2 aromatic carbocycles.